The minimum atomic E-state index is 0.169. The van der Waals surface area contributed by atoms with Crippen LogP contribution < -0.4 is 10.6 Å². The van der Waals surface area contributed by atoms with E-state index < -0.39 is 0 Å². The third-order valence-electron chi connectivity index (χ3n) is 4.49. The van der Waals surface area contributed by atoms with Crippen LogP contribution in [0.5, 0.6) is 0 Å². The van der Waals surface area contributed by atoms with E-state index in [-0.39, 0.29) is 6.04 Å². The maximum atomic E-state index is 4.28. The molecule has 1 heterocycles. The molecule has 0 fully saturated rings. The maximum absolute atomic E-state index is 4.28. The van der Waals surface area contributed by atoms with Crippen molar-refractivity contribution < 1.29 is 0 Å². The summed E-state index contributed by atoms with van der Waals surface area (Å²) in [5, 5.41) is 7.16. The van der Waals surface area contributed by atoms with Crippen molar-refractivity contribution in [3.05, 3.63) is 89.3 Å². The molecule has 0 saturated heterocycles. The fourth-order valence-electron chi connectivity index (χ4n) is 2.96. The normalized spacial score (nSPS) is 12.6. The van der Waals surface area contributed by atoms with Crippen molar-refractivity contribution in [3.63, 3.8) is 0 Å². The summed E-state index contributed by atoms with van der Waals surface area (Å²) in [6.07, 6.45) is 10.6. The average Bonchev–Trinajstić information content (AvgIpc) is 2.68. The topological polar surface area (TPSA) is 37.0 Å². The Hall–Kier alpha value is -2.23. The highest BCUT2D eigenvalue weighted by Gasteiger charge is 2.12. The van der Waals surface area contributed by atoms with Crippen molar-refractivity contribution in [3.8, 4) is 0 Å². The molecule has 0 saturated carbocycles. The second-order valence-electron chi connectivity index (χ2n) is 7.16. The first-order valence-electron chi connectivity index (χ1n) is 9.85. The molecule has 0 bridgehead atoms. The van der Waals surface area contributed by atoms with Gasteiger partial charge in [0.05, 0.1) is 6.04 Å². The van der Waals surface area contributed by atoms with Crippen molar-refractivity contribution in [1.29, 1.82) is 0 Å². The van der Waals surface area contributed by atoms with Crippen LogP contribution >= 0.6 is 0 Å². The highest BCUT2D eigenvalue weighted by molar-refractivity contribution is 5.29. The third kappa shape index (κ3) is 8.33. The van der Waals surface area contributed by atoms with Crippen molar-refractivity contribution in [2.45, 2.75) is 39.7 Å². The molecule has 27 heavy (non-hydrogen) atoms. The van der Waals surface area contributed by atoms with E-state index in [4.69, 9.17) is 0 Å². The van der Waals surface area contributed by atoms with Crippen molar-refractivity contribution in [2.75, 3.05) is 19.6 Å². The highest BCUT2D eigenvalue weighted by Crippen LogP contribution is 2.20. The van der Waals surface area contributed by atoms with Gasteiger partial charge in [0, 0.05) is 32.0 Å². The number of benzene rings is 1. The Balaban J connectivity index is 1.77. The molecule has 0 aliphatic rings. The third-order valence-corrected chi connectivity index (χ3v) is 4.49. The molecule has 0 aliphatic heterocycles. The van der Waals surface area contributed by atoms with Crippen molar-refractivity contribution in [2.24, 2.45) is 0 Å². The number of rotatable bonds is 11. The van der Waals surface area contributed by atoms with E-state index in [2.05, 4.69) is 84.9 Å². The van der Waals surface area contributed by atoms with E-state index >= 15 is 0 Å². The Kier molecular flexibility index (Phi) is 9.53. The standard InChI is InChI=1S/C24H33N3/c1-20(2)9-7-10-21(3)14-16-25-17-18-27-24(22-11-5-4-6-12-22)23-13-8-15-26-19-23/h4-6,8-9,11-15,19,24-25,27H,7,10,16-18H2,1-3H3/b21-14+. The van der Waals surface area contributed by atoms with Crippen LogP contribution in [0.25, 0.3) is 0 Å². The van der Waals surface area contributed by atoms with Gasteiger partial charge in [-0.2, -0.15) is 0 Å². The van der Waals surface area contributed by atoms with Gasteiger partial charge in [-0.25, -0.2) is 0 Å². The highest BCUT2D eigenvalue weighted by atomic mass is 15.0. The zero-order valence-electron chi connectivity index (χ0n) is 16.9. The van der Waals surface area contributed by atoms with Gasteiger partial charge in [0.1, 0.15) is 0 Å². The molecule has 2 aromatic rings. The van der Waals surface area contributed by atoms with Gasteiger partial charge in [0.2, 0.25) is 0 Å². The SMILES string of the molecule is CC(C)=CCC/C(C)=C/CNCCNC(c1ccccc1)c1cccnc1. The smallest absolute Gasteiger partial charge is 0.0592 e. The van der Waals surface area contributed by atoms with Crippen LogP contribution in [-0.2, 0) is 0 Å². The number of hydrogen-bond donors (Lipinski definition) is 2. The molecule has 0 spiro atoms. The zero-order valence-corrected chi connectivity index (χ0v) is 16.9. The summed E-state index contributed by atoms with van der Waals surface area (Å²) in [7, 11) is 0. The van der Waals surface area contributed by atoms with Crippen LogP contribution in [0.15, 0.2) is 78.2 Å². The maximum Gasteiger partial charge on any atom is 0.0592 e. The van der Waals surface area contributed by atoms with Crippen LogP contribution in [0, 0.1) is 0 Å². The van der Waals surface area contributed by atoms with Gasteiger partial charge >= 0.3 is 0 Å². The molecule has 2 rings (SSSR count). The summed E-state index contributed by atoms with van der Waals surface area (Å²) in [6.45, 7) is 9.28. The zero-order chi connectivity index (χ0) is 19.3. The summed E-state index contributed by atoms with van der Waals surface area (Å²) in [5.41, 5.74) is 5.30. The number of hydrogen-bond acceptors (Lipinski definition) is 3. The van der Waals surface area contributed by atoms with Crippen LogP contribution in [0.1, 0.15) is 50.8 Å². The van der Waals surface area contributed by atoms with Crippen LogP contribution in [-0.4, -0.2) is 24.6 Å². The second kappa shape index (κ2) is 12.2. The number of aromatic nitrogens is 1. The average molecular weight is 364 g/mol. The van der Waals surface area contributed by atoms with E-state index in [0.29, 0.717) is 0 Å². The largest absolute Gasteiger partial charge is 0.312 e. The molecule has 144 valence electrons. The molecule has 1 aromatic carbocycles. The molecule has 3 heteroatoms. The van der Waals surface area contributed by atoms with Gasteiger partial charge in [-0.15, -0.1) is 0 Å². The Morgan fingerprint density at radius 1 is 0.963 bits per heavy atom. The number of nitrogens with zero attached hydrogens (tertiary/aromatic N) is 1. The van der Waals surface area contributed by atoms with Gasteiger partial charge in [0.25, 0.3) is 0 Å². The fraction of sp³-hybridized carbons (Fsp3) is 0.375. The van der Waals surface area contributed by atoms with Gasteiger partial charge in [-0.05, 0) is 50.8 Å². The first kappa shape index (κ1) is 21.1. The lowest BCUT2D eigenvalue weighted by atomic mass is 10.0. The van der Waals surface area contributed by atoms with E-state index in [1.165, 1.54) is 22.3 Å². The number of pyridine rings is 1. The van der Waals surface area contributed by atoms with Gasteiger partial charge < -0.3 is 10.6 Å². The minimum Gasteiger partial charge on any atom is -0.312 e. The Bertz CT molecular complexity index is 661. The first-order valence-corrected chi connectivity index (χ1v) is 9.85. The molecule has 1 aromatic heterocycles. The molecule has 1 atom stereocenters. The predicted octanol–water partition coefficient (Wildman–Crippen LogP) is 5.04. The molecule has 1 unspecified atom stereocenters. The molecule has 0 aliphatic carbocycles. The lowest BCUT2D eigenvalue weighted by molar-refractivity contribution is 0.577. The lowest BCUT2D eigenvalue weighted by Gasteiger charge is -2.19. The number of allylic oxidation sites excluding steroid dienone is 3. The molecular formula is C24H33N3. The Morgan fingerprint density at radius 2 is 1.74 bits per heavy atom. The molecule has 0 amide bonds. The lowest BCUT2D eigenvalue weighted by Crippen LogP contribution is -2.31. The molecule has 2 N–H and O–H groups in total. The quantitative estimate of drug-likeness (QED) is 0.434. The summed E-state index contributed by atoms with van der Waals surface area (Å²) >= 11 is 0. The summed E-state index contributed by atoms with van der Waals surface area (Å²) in [6, 6.07) is 14.8. The van der Waals surface area contributed by atoms with E-state index in [9.17, 15) is 0 Å². The monoisotopic (exact) mass is 363 g/mol. The van der Waals surface area contributed by atoms with Gasteiger partial charge in [0.15, 0.2) is 0 Å². The van der Waals surface area contributed by atoms with Crippen molar-refractivity contribution >= 4 is 0 Å². The van der Waals surface area contributed by atoms with E-state index in [1.54, 1.807) is 0 Å². The Labute approximate surface area is 164 Å². The summed E-state index contributed by atoms with van der Waals surface area (Å²) < 4.78 is 0. The number of nitrogens with one attached hydrogen (secondary N) is 2. The van der Waals surface area contributed by atoms with E-state index in [1.807, 2.05) is 18.5 Å². The molecular weight excluding hydrogens is 330 g/mol. The van der Waals surface area contributed by atoms with Crippen LogP contribution in [0.4, 0.5) is 0 Å². The van der Waals surface area contributed by atoms with Gasteiger partial charge in [-0.1, -0.05) is 59.7 Å². The van der Waals surface area contributed by atoms with Crippen LogP contribution in [0.3, 0.4) is 0 Å². The first-order chi connectivity index (χ1) is 13.2. The fourth-order valence-corrected chi connectivity index (χ4v) is 2.96. The molecule has 3 nitrogen and oxygen atoms in total. The Morgan fingerprint density at radius 3 is 2.44 bits per heavy atom. The van der Waals surface area contributed by atoms with Crippen molar-refractivity contribution in [1.82, 2.24) is 15.6 Å². The predicted molar refractivity (Wildman–Crippen MR) is 116 cm³/mol. The van der Waals surface area contributed by atoms with E-state index in [0.717, 1.165) is 32.5 Å². The summed E-state index contributed by atoms with van der Waals surface area (Å²) in [5.74, 6) is 0. The van der Waals surface area contributed by atoms with Crippen LogP contribution in [0.2, 0.25) is 0 Å². The summed E-state index contributed by atoms with van der Waals surface area (Å²) in [4.78, 5) is 4.28. The van der Waals surface area contributed by atoms with Gasteiger partial charge in [-0.3, -0.25) is 4.98 Å². The second-order valence-corrected chi connectivity index (χ2v) is 7.16. The minimum absolute atomic E-state index is 0.169. The molecule has 0 radical (unpaired) electrons.